The van der Waals surface area contributed by atoms with Crippen LogP contribution >= 0.6 is 0 Å². The summed E-state index contributed by atoms with van der Waals surface area (Å²) in [6.07, 6.45) is -11.5. The highest BCUT2D eigenvalue weighted by Crippen LogP contribution is 2.67. The van der Waals surface area contributed by atoms with Gasteiger partial charge in [0.15, 0.2) is 0 Å². The molecular weight excluding hydrogens is 671 g/mol. The molecule has 1 nitrogen and oxygen atoms in total. The molecule has 0 aliphatic carbocycles. The molecule has 0 heterocycles. The number of aliphatic hydroxyl groups is 1. The van der Waals surface area contributed by atoms with Gasteiger partial charge in [-0.3, -0.25) is 0 Å². The lowest BCUT2D eigenvalue weighted by Gasteiger charge is -2.45. The van der Waals surface area contributed by atoms with E-state index in [0.29, 0.717) is 0 Å². The largest absolute Gasteiger partial charge is 0.513 e. The molecule has 0 bridgehead atoms. The smallest absolute Gasteiger partial charge is 0.460 e. The molecule has 0 saturated carbocycles. The van der Waals surface area contributed by atoms with E-state index in [1.807, 2.05) is 6.58 Å². The van der Waals surface area contributed by atoms with Gasteiger partial charge in [-0.05, 0) is 0 Å². The Morgan fingerprint density at radius 3 is 0.683 bits per heavy atom. The van der Waals surface area contributed by atoms with Crippen molar-refractivity contribution in [2.45, 2.75) is 77.7 Å². The highest BCUT2D eigenvalue weighted by molar-refractivity contribution is 5.20. The lowest BCUT2D eigenvalue weighted by atomic mass is 9.84. The third kappa shape index (κ3) is 4.67. The number of alkyl halides is 25. The van der Waals surface area contributed by atoms with Gasteiger partial charge in [0, 0.05) is 0 Å². The minimum Gasteiger partial charge on any atom is -0.513 e. The molecule has 0 spiro atoms. The fraction of sp³-hybridized carbons (Fsp3) is 0.867. The van der Waals surface area contributed by atoms with Crippen LogP contribution in [0.15, 0.2) is 12.3 Å². The van der Waals surface area contributed by atoms with E-state index in [0.717, 1.165) is 0 Å². The zero-order chi connectivity index (χ0) is 34.3. The molecule has 0 aromatic rings. The maximum atomic E-state index is 13.6. The molecule has 0 aromatic carbocycles. The van der Waals surface area contributed by atoms with Gasteiger partial charge in [0.05, 0.1) is 12.2 Å². The van der Waals surface area contributed by atoms with Crippen molar-refractivity contribution >= 4 is 0 Å². The fourth-order valence-corrected chi connectivity index (χ4v) is 2.35. The number of halogens is 25. The summed E-state index contributed by atoms with van der Waals surface area (Å²) >= 11 is 0. The summed E-state index contributed by atoms with van der Waals surface area (Å²) in [6.45, 7) is 1.92. The average Bonchev–Trinajstić information content (AvgIpc) is 2.70. The first-order chi connectivity index (χ1) is 17.2. The Balaban J connectivity index is 7.33. The highest BCUT2D eigenvalue weighted by atomic mass is 19.4. The minimum atomic E-state index is -9.62. The highest BCUT2D eigenvalue weighted by Gasteiger charge is 2.99. The number of hydrogen-bond acceptors (Lipinski definition) is 1. The zero-order valence-electron chi connectivity index (χ0n) is 17.8. The van der Waals surface area contributed by atoms with Crippen LogP contribution in [0.3, 0.4) is 0 Å². The van der Waals surface area contributed by atoms with Crippen LogP contribution in [0.5, 0.6) is 0 Å². The van der Waals surface area contributed by atoms with Crippen molar-refractivity contribution in [1.29, 1.82) is 0 Å². The second-order valence-corrected chi connectivity index (χ2v) is 7.69. The molecule has 26 heteroatoms. The van der Waals surface area contributed by atoms with Gasteiger partial charge >= 0.3 is 71.3 Å². The van der Waals surface area contributed by atoms with Gasteiger partial charge in [-0.15, -0.1) is 0 Å². The zero-order valence-corrected chi connectivity index (χ0v) is 17.8. The van der Waals surface area contributed by atoms with Crippen molar-refractivity contribution < 1.29 is 115 Å². The molecule has 0 radical (unpaired) electrons. The first kappa shape index (κ1) is 38.8. The lowest BCUT2D eigenvalue weighted by Crippen LogP contribution is -2.78. The van der Waals surface area contributed by atoms with Gasteiger partial charge < -0.3 is 5.11 Å². The normalized spacial score (nSPS) is 16.7. The van der Waals surface area contributed by atoms with Crippen molar-refractivity contribution in [1.82, 2.24) is 0 Å². The summed E-state index contributed by atoms with van der Waals surface area (Å²) in [4.78, 5) is 0. The molecule has 0 aromatic heterocycles. The Hall–Kier alpha value is -2.21. The van der Waals surface area contributed by atoms with Crippen molar-refractivity contribution in [2.75, 3.05) is 0 Å². The van der Waals surface area contributed by atoms with Crippen LogP contribution in [-0.2, 0) is 0 Å². The summed E-state index contributed by atoms with van der Waals surface area (Å²) in [5, 5.41) is 8.31. The first-order valence-corrected chi connectivity index (χ1v) is 8.76. The molecule has 246 valence electrons. The van der Waals surface area contributed by atoms with Crippen LogP contribution in [0.4, 0.5) is 110 Å². The number of aliphatic hydroxyl groups excluding tert-OH is 1. The van der Waals surface area contributed by atoms with Gasteiger partial charge in [0.2, 0.25) is 0 Å². The molecule has 0 amide bonds. The third-order valence-electron chi connectivity index (χ3n) is 4.79. The van der Waals surface area contributed by atoms with Crippen LogP contribution in [0.25, 0.3) is 0 Å². The van der Waals surface area contributed by atoms with Crippen LogP contribution in [0.1, 0.15) is 6.42 Å². The molecule has 1 N–H and O–H groups in total. The van der Waals surface area contributed by atoms with Gasteiger partial charge in [0.25, 0.3) is 0 Å². The molecule has 0 atom stereocenters. The predicted molar refractivity (Wildman–Crippen MR) is 76.9 cm³/mol. The molecule has 0 saturated heterocycles. The monoisotopic (exact) mass is 676 g/mol. The molecular formula is C15H5F25O. The second-order valence-electron chi connectivity index (χ2n) is 7.69. The second kappa shape index (κ2) is 9.39. The van der Waals surface area contributed by atoms with Crippen LogP contribution in [0, 0.1) is 0 Å². The van der Waals surface area contributed by atoms with E-state index >= 15 is 0 Å². The van der Waals surface area contributed by atoms with E-state index in [-0.39, 0.29) is 0 Å². The Labute approximate surface area is 206 Å². The summed E-state index contributed by atoms with van der Waals surface area (Å²) in [5.74, 6) is -101. The van der Waals surface area contributed by atoms with Crippen LogP contribution < -0.4 is 0 Å². The van der Waals surface area contributed by atoms with Gasteiger partial charge in [-0.1, -0.05) is 6.58 Å². The van der Waals surface area contributed by atoms with E-state index in [1.165, 1.54) is 0 Å². The van der Waals surface area contributed by atoms with Crippen molar-refractivity contribution in [2.24, 2.45) is 0 Å². The SMILES string of the molecule is C=C(O)CC(F)(F)C(F)(F)C(F)(F)C(F)(F)C(F)(F)C(F)(F)C(F)(F)C(F)(F)C(F)(F)C(F)(F)C(F)(F)C(F)(F)F. The Morgan fingerprint density at radius 1 is 0.341 bits per heavy atom. The topological polar surface area (TPSA) is 20.2 Å². The fourth-order valence-electron chi connectivity index (χ4n) is 2.35. The lowest BCUT2D eigenvalue weighted by molar-refractivity contribution is -0.482. The first-order valence-electron chi connectivity index (χ1n) is 8.76. The third-order valence-corrected chi connectivity index (χ3v) is 4.79. The minimum absolute atomic E-state index is 1.92. The summed E-state index contributed by atoms with van der Waals surface area (Å²) in [5.41, 5.74) is 0. The summed E-state index contributed by atoms with van der Waals surface area (Å²) in [6, 6.07) is 0. The maximum absolute atomic E-state index is 13.6. The van der Waals surface area contributed by atoms with Crippen molar-refractivity contribution in [3.05, 3.63) is 12.3 Å². The standard InChI is InChI=1S/C15H5F25O/c1-3(41)2-4(16,17)5(18,19)6(20,21)7(22,23)8(24,25)9(26,27)10(28,29)11(30,31)12(32,33)13(34,35)14(36,37)15(38,39)40/h41H,1-2H2. The molecule has 0 unspecified atom stereocenters. The number of rotatable bonds is 12. The quantitative estimate of drug-likeness (QED) is 0.162. The predicted octanol–water partition coefficient (Wildman–Crippen LogP) is 9.00. The van der Waals surface area contributed by atoms with Crippen molar-refractivity contribution in [3.8, 4) is 0 Å². The average molecular weight is 676 g/mol. The van der Waals surface area contributed by atoms with E-state index in [1.54, 1.807) is 0 Å². The van der Waals surface area contributed by atoms with E-state index < -0.39 is 83.5 Å². The van der Waals surface area contributed by atoms with Crippen LogP contribution in [0.2, 0.25) is 0 Å². The van der Waals surface area contributed by atoms with E-state index in [2.05, 4.69) is 0 Å². The summed E-state index contributed by atoms with van der Waals surface area (Å²) < 4.78 is 330. The maximum Gasteiger partial charge on any atom is 0.460 e. The Bertz CT molecular complexity index is 983. The van der Waals surface area contributed by atoms with Gasteiger partial charge in [0.1, 0.15) is 0 Å². The molecule has 0 rings (SSSR count). The van der Waals surface area contributed by atoms with E-state index in [9.17, 15) is 110 Å². The van der Waals surface area contributed by atoms with Gasteiger partial charge in [-0.2, -0.15) is 110 Å². The molecule has 0 aliphatic heterocycles. The molecule has 41 heavy (non-hydrogen) atoms. The van der Waals surface area contributed by atoms with Crippen molar-refractivity contribution in [3.63, 3.8) is 0 Å². The van der Waals surface area contributed by atoms with E-state index in [4.69, 9.17) is 5.11 Å². The van der Waals surface area contributed by atoms with Crippen LogP contribution in [-0.4, -0.2) is 76.4 Å². The Kier molecular flexibility index (Phi) is 8.89. The summed E-state index contributed by atoms with van der Waals surface area (Å²) in [7, 11) is 0. The molecule has 0 fully saturated rings. The number of hydrogen-bond donors (Lipinski definition) is 1. The number of allylic oxidation sites excluding steroid dienone is 1. The molecule has 0 aliphatic rings. The Morgan fingerprint density at radius 2 is 0.512 bits per heavy atom. The van der Waals surface area contributed by atoms with Gasteiger partial charge in [-0.25, -0.2) is 0 Å².